The van der Waals surface area contributed by atoms with Crippen LogP contribution in [0.1, 0.15) is 22.7 Å². The summed E-state index contributed by atoms with van der Waals surface area (Å²) in [6, 6.07) is 25.3. The summed E-state index contributed by atoms with van der Waals surface area (Å²) in [5, 5.41) is 2.73. The van der Waals surface area contributed by atoms with Crippen molar-refractivity contribution in [3.05, 3.63) is 102 Å². The number of amides is 2. The molecule has 3 N–H and O–H groups in total. The maximum Gasteiger partial charge on any atom is 0.272 e. The molecule has 0 radical (unpaired) electrons. The second kappa shape index (κ2) is 8.31. The van der Waals surface area contributed by atoms with Gasteiger partial charge in [0.2, 0.25) is 12.1 Å². The van der Waals surface area contributed by atoms with E-state index in [4.69, 9.17) is 5.73 Å². The molecule has 1 aliphatic rings. The molecule has 4 rings (SSSR count). The number of nitrogens with zero attached hydrogens (tertiary/aromatic N) is 2. The molecule has 1 unspecified atom stereocenters. The molecule has 1 aliphatic heterocycles. The third kappa shape index (κ3) is 3.73. The first kappa shape index (κ1) is 19.5. The summed E-state index contributed by atoms with van der Waals surface area (Å²) in [7, 11) is 1.68. The molecule has 0 fully saturated rings. The van der Waals surface area contributed by atoms with Crippen LogP contribution in [0.2, 0.25) is 0 Å². The number of likely N-dealkylation sites (N-methyl/N-ethyl adjacent to an activating group) is 1. The Labute approximate surface area is 175 Å². The quantitative estimate of drug-likeness (QED) is 0.708. The van der Waals surface area contributed by atoms with Crippen LogP contribution < -0.4 is 16.0 Å². The van der Waals surface area contributed by atoms with Gasteiger partial charge < -0.3 is 16.0 Å². The van der Waals surface area contributed by atoms with Gasteiger partial charge in [-0.25, -0.2) is 4.99 Å². The molecule has 1 heterocycles. The van der Waals surface area contributed by atoms with E-state index in [0.29, 0.717) is 11.3 Å². The first-order chi connectivity index (χ1) is 14.6. The van der Waals surface area contributed by atoms with Crippen molar-refractivity contribution >= 4 is 23.2 Å². The maximum absolute atomic E-state index is 13.1. The van der Waals surface area contributed by atoms with Crippen molar-refractivity contribution in [2.45, 2.75) is 12.2 Å². The first-order valence-electron chi connectivity index (χ1n) is 9.67. The Morgan fingerprint density at radius 3 is 2.27 bits per heavy atom. The van der Waals surface area contributed by atoms with E-state index in [1.807, 2.05) is 72.8 Å². The van der Waals surface area contributed by atoms with E-state index < -0.39 is 18.1 Å². The number of aliphatic imine (C=N–C) groups is 1. The minimum absolute atomic E-state index is 0.331. The summed E-state index contributed by atoms with van der Waals surface area (Å²) < 4.78 is 0. The molecule has 0 saturated heterocycles. The molecule has 0 spiro atoms. The third-order valence-electron chi connectivity index (χ3n) is 5.11. The van der Waals surface area contributed by atoms with Crippen molar-refractivity contribution in [1.29, 1.82) is 0 Å². The first-order valence-corrected chi connectivity index (χ1v) is 9.67. The Bertz CT molecular complexity index is 1100. The molecule has 150 valence electrons. The lowest BCUT2D eigenvalue weighted by molar-refractivity contribution is -0.128. The fourth-order valence-electron chi connectivity index (χ4n) is 3.48. The highest BCUT2D eigenvalue weighted by atomic mass is 16.2. The highest BCUT2D eigenvalue weighted by molar-refractivity contribution is 6.20. The minimum Gasteiger partial charge on any atom is -0.325 e. The van der Waals surface area contributed by atoms with E-state index in [9.17, 15) is 9.59 Å². The number of hydrogen-bond acceptors (Lipinski definition) is 4. The Kier molecular flexibility index (Phi) is 5.41. The van der Waals surface area contributed by atoms with E-state index in [2.05, 4.69) is 10.3 Å². The number of nitrogens with two attached hydrogens (primary N) is 1. The molecule has 2 atom stereocenters. The highest BCUT2D eigenvalue weighted by Gasteiger charge is 2.32. The molecule has 0 saturated carbocycles. The van der Waals surface area contributed by atoms with Crippen LogP contribution >= 0.6 is 0 Å². The van der Waals surface area contributed by atoms with Crippen LogP contribution in [0.3, 0.4) is 0 Å². The molecule has 2 amide bonds. The molecular weight excluding hydrogens is 376 g/mol. The molecule has 0 aliphatic carbocycles. The standard InChI is InChI=1S/C24H22N4O2/c1-28-19-15-9-8-14-18(19)21(17-12-6-3-7-13-17)26-22(24(28)30)27-23(29)20(25)16-10-4-2-5-11-16/h2-15,20,22H,25H2,1H3,(H,27,29)/t20-,22?/m1/s1. The largest absolute Gasteiger partial charge is 0.325 e. The lowest BCUT2D eigenvalue weighted by atomic mass is 10.0. The Morgan fingerprint density at radius 1 is 0.967 bits per heavy atom. The second-order valence-electron chi connectivity index (χ2n) is 7.06. The summed E-state index contributed by atoms with van der Waals surface area (Å²) >= 11 is 0. The molecule has 0 bridgehead atoms. The second-order valence-corrected chi connectivity index (χ2v) is 7.06. The van der Waals surface area contributed by atoms with Crippen LogP contribution in [0, 0.1) is 0 Å². The lowest BCUT2D eigenvalue weighted by Crippen LogP contribution is -2.48. The number of nitrogens with one attached hydrogen (secondary N) is 1. The number of benzodiazepines with no additional fused rings is 1. The van der Waals surface area contributed by atoms with E-state index in [0.717, 1.165) is 16.8 Å². The van der Waals surface area contributed by atoms with E-state index in [1.54, 1.807) is 19.2 Å². The van der Waals surface area contributed by atoms with Crippen molar-refractivity contribution < 1.29 is 9.59 Å². The van der Waals surface area contributed by atoms with Crippen molar-refractivity contribution in [2.75, 3.05) is 11.9 Å². The highest BCUT2D eigenvalue weighted by Crippen LogP contribution is 2.27. The van der Waals surface area contributed by atoms with E-state index in [-0.39, 0.29) is 5.91 Å². The van der Waals surface area contributed by atoms with E-state index in [1.165, 1.54) is 4.90 Å². The number of fused-ring (bicyclic) bond motifs is 1. The van der Waals surface area contributed by atoms with Gasteiger partial charge in [0.15, 0.2) is 0 Å². The van der Waals surface area contributed by atoms with Gasteiger partial charge in [-0.05, 0) is 11.6 Å². The van der Waals surface area contributed by atoms with Gasteiger partial charge in [0.1, 0.15) is 6.04 Å². The number of benzene rings is 3. The summed E-state index contributed by atoms with van der Waals surface area (Å²) in [4.78, 5) is 32.2. The molecule has 6 nitrogen and oxygen atoms in total. The van der Waals surface area contributed by atoms with Crippen molar-refractivity contribution in [1.82, 2.24) is 5.32 Å². The Balaban J connectivity index is 1.73. The average molecular weight is 398 g/mol. The molecule has 0 aromatic heterocycles. The zero-order valence-corrected chi connectivity index (χ0v) is 16.5. The van der Waals surface area contributed by atoms with Crippen molar-refractivity contribution in [3.8, 4) is 0 Å². The van der Waals surface area contributed by atoms with Crippen LogP contribution in [0.25, 0.3) is 0 Å². The van der Waals surface area contributed by atoms with Gasteiger partial charge >= 0.3 is 0 Å². The number of carbonyl (C=O) groups is 2. The van der Waals surface area contributed by atoms with Crippen LogP contribution in [0.4, 0.5) is 5.69 Å². The maximum atomic E-state index is 13.1. The monoisotopic (exact) mass is 398 g/mol. The molecule has 6 heteroatoms. The van der Waals surface area contributed by atoms with E-state index >= 15 is 0 Å². The predicted molar refractivity (Wildman–Crippen MR) is 117 cm³/mol. The summed E-state index contributed by atoms with van der Waals surface area (Å²) in [6.07, 6.45) is -1.08. The summed E-state index contributed by atoms with van der Waals surface area (Å²) in [5.74, 6) is -0.794. The molecule has 30 heavy (non-hydrogen) atoms. The predicted octanol–water partition coefficient (Wildman–Crippen LogP) is 2.64. The fourth-order valence-corrected chi connectivity index (χ4v) is 3.48. The molecular formula is C24H22N4O2. The molecule has 3 aromatic carbocycles. The van der Waals surface area contributed by atoms with Gasteiger partial charge in [0.05, 0.1) is 11.4 Å². The normalized spacial score (nSPS) is 16.9. The number of para-hydroxylation sites is 1. The summed E-state index contributed by atoms with van der Waals surface area (Å²) in [6.45, 7) is 0. The SMILES string of the molecule is CN1C(=O)C(NC(=O)[C@H](N)c2ccccc2)N=C(c2ccccc2)c2ccccc21. The van der Waals surface area contributed by atoms with Crippen LogP contribution in [0.5, 0.6) is 0 Å². The lowest BCUT2D eigenvalue weighted by Gasteiger charge is -2.22. The Hall–Kier alpha value is -3.77. The topological polar surface area (TPSA) is 87.8 Å². The van der Waals surface area contributed by atoms with Crippen LogP contribution in [-0.2, 0) is 9.59 Å². The van der Waals surface area contributed by atoms with Gasteiger partial charge in [-0.2, -0.15) is 0 Å². The number of anilines is 1. The van der Waals surface area contributed by atoms with Gasteiger partial charge in [-0.1, -0.05) is 78.9 Å². The fraction of sp³-hybridized carbons (Fsp3) is 0.125. The van der Waals surface area contributed by atoms with Crippen LogP contribution in [-0.4, -0.2) is 30.7 Å². The van der Waals surface area contributed by atoms with Gasteiger partial charge in [0, 0.05) is 18.2 Å². The van der Waals surface area contributed by atoms with Gasteiger partial charge in [-0.3, -0.25) is 9.59 Å². The minimum atomic E-state index is -1.08. The number of rotatable bonds is 4. The van der Waals surface area contributed by atoms with Crippen LogP contribution in [0.15, 0.2) is 89.9 Å². The smallest absolute Gasteiger partial charge is 0.272 e. The molecule has 3 aromatic rings. The zero-order valence-electron chi connectivity index (χ0n) is 16.5. The Morgan fingerprint density at radius 2 is 1.57 bits per heavy atom. The van der Waals surface area contributed by atoms with Gasteiger partial charge in [-0.15, -0.1) is 0 Å². The summed E-state index contributed by atoms with van der Waals surface area (Å²) in [5.41, 5.74) is 9.84. The van der Waals surface area contributed by atoms with Crippen molar-refractivity contribution in [3.63, 3.8) is 0 Å². The average Bonchev–Trinajstić information content (AvgIpc) is 2.90. The third-order valence-corrected chi connectivity index (χ3v) is 5.11. The van der Waals surface area contributed by atoms with Crippen molar-refractivity contribution in [2.24, 2.45) is 10.7 Å². The number of hydrogen-bond donors (Lipinski definition) is 2. The number of carbonyl (C=O) groups excluding carboxylic acids is 2. The zero-order chi connectivity index (χ0) is 21.1. The van der Waals surface area contributed by atoms with Gasteiger partial charge in [0.25, 0.3) is 5.91 Å².